The van der Waals surface area contributed by atoms with Crippen molar-refractivity contribution in [1.82, 2.24) is 5.32 Å². The van der Waals surface area contributed by atoms with Crippen molar-refractivity contribution in [1.29, 1.82) is 0 Å². The van der Waals surface area contributed by atoms with Gasteiger partial charge in [-0.1, -0.05) is 12.1 Å². The highest BCUT2D eigenvalue weighted by Crippen LogP contribution is 2.55. The first-order chi connectivity index (χ1) is 18.9. The van der Waals surface area contributed by atoms with E-state index in [2.05, 4.69) is 5.32 Å². The van der Waals surface area contributed by atoms with Crippen molar-refractivity contribution < 1.29 is 38.5 Å². The van der Waals surface area contributed by atoms with Crippen LogP contribution in [0.25, 0.3) is 0 Å². The number of ether oxygens (including phenoxy) is 5. The van der Waals surface area contributed by atoms with Gasteiger partial charge in [0.25, 0.3) is 5.69 Å². The Hall–Kier alpha value is -4.51. The van der Waals surface area contributed by atoms with E-state index in [0.717, 1.165) is 16.7 Å². The Morgan fingerprint density at radius 2 is 1.72 bits per heavy atom. The molecule has 1 fully saturated rings. The zero-order valence-electron chi connectivity index (χ0n) is 21.2. The second-order valence-electron chi connectivity index (χ2n) is 9.69. The Kier molecular flexibility index (Phi) is 6.15. The molecule has 0 spiro atoms. The van der Waals surface area contributed by atoms with Gasteiger partial charge < -0.3 is 34.1 Å². The van der Waals surface area contributed by atoms with Crippen LogP contribution in [0, 0.1) is 22.0 Å². The standard InChI is InChI=1S/C28H26N2O9/c1-35-22-7-15(8-23(36-2)27(22)31)24-17-9-20-21(39-13-38-20)10-18(17)26(19-12-37-28(32)25(19)24)29-11-14-4-3-5-16(6-14)30(33)34/h3-10,19,24-26,29,31H,11-13H2,1-2H3/t19-,24+,25-,26+/m0/s1. The molecule has 0 unspecified atom stereocenters. The van der Waals surface area contributed by atoms with Crippen molar-refractivity contribution in [2.75, 3.05) is 27.6 Å². The fourth-order valence-corrected chi connectivity index (χ4v) is 5.93. The van der Waals surface area contributed by atoms with Gasteiger partial charge in [0.05, 0.1) is 31.7 Å². The summed E-state index contributed by atoms with van der Waals surface area (Å²) in [5.41, 5.74) is 3.20. The van der Waals surface area contributed by atoms with E-state index in [9.17, 15) is 20.0 Å². The van der Waals surface area contributed by atoms with Gasteiger partial charge in [0.2, 0.25) is 12.5 Å². The molecule has 3 aromatic rings. The molecule has 1 saturated heterocycles. The predicted molar refractivity (Wildman–Crippen MR) is 136 cm³/mol. The summed E-state index contributed by atoms with van der Waals surface area (Å²) in [6, 6.07) is 13.3. The number of benzene rings is 3. The minimum absolute atomic E-state index is 0.00857. The van der Waals surface area contributed by atoms with E-state index in [4.69, 9.17) is 23.7 Å². The van der Waals surface area contributed by atoms with E-state index in [-0.39, 0.29) is 54.3 Å². The van der Waals surface area contributed by atoms with Crippen molar-refractivity contribution >= 4 is 11.7 Å². The third-order valence-corrected chi connectivity index (χ3v) is 7.70. The van der Waals surface area contributed by atoms with Crippen LogP contribution in [-0.4, -0.2) is 43.6 Å². The number of cyclic esters (lactones) is 1. The van der Waals surface area contributed by atoms with Gasteiger partial charge in [-0.2, -0.15) is 0 Å². The maximum Gasteiger partial charge on any atom is 0.310 e. The average Bonchev–Trinajstić information content (AvgIpc) is 3.56. The molecular formula is C28H26N2O9. The van der Waals surface area contributed by atoms with Gasteiger partial charge in [-0.15, -0.1) is 0 Å². The average molecular weight is 535 g/mol. The van der Waals surface area contributed by atoms with E-state index >= 15 is 0 Å². The van der Waals surface area contributed by atoms with Crippen LogP contribution in [0.1, 0.15) is 34.2 Å². The minimum Gasteiger partial charge on any atom is -0.502 e. The predicted octanol–water partition coefficient (Wildman–Crippen LogP) is 3.81. The Balaban J connectivity index is 1.47. The summed E-state index contributed by atoms with van der Waals surface area (Å²) >= 11 is 0. The number of esters is 1. The largest absolute Gasteiger partial charge is 0.502 e. The number of nitrogens with one attached hydrogen (secondary N) is 1. The van der Waals surface area contributed by atoms with E-state index in [1.54, 1.807) is 18.2 Å². The van der Waals surface area contributed by atoms with E-state index in [0.29, 0.717) is 23.6 Å². The summed E-state index contributed by atoms with van der Waals surface area (Å²) in [6.45, 7) is 0.625. The Bertz CT molecular complexity index is 1450. The van der Waals surface area contributed by atoms with Gasteiger partial charge in [-0.3, -0.25) is 14.9 Å². The normalized spacial score (nSPS) is 22.6. The van der Waals surface area contributed by atoms with Crippen LogP contribution in [0.4, 0.5) is 5.69 Å². The lowest BCUT2D eigenvalue weighted by atomic mass is 9.65. The first-order valence-electron chi connectivity index (χ1n) is 12.4. The highest BCUT2D eigenvalue weighted by Gasteiger charge is 2.52. The molecule has 0 aromatic heterocycles. The number of nitrogens with zero attached hydrogens (tertiary/aromatic N) is 1. The molecule has 6 rings (SSSR count). The molecular weight excluding hydrogens is 508 g/mol. The van der Waals surface area contributed by atoms with Gasteiger partial charge in [-0.05, 0) is 46.5 Å². The number of hydrogen-bond donors (Lipinski definition) is 2. The van der Waals surface area contributed by atoms with Crippen LogP contribution >= 0.6 is 0 Å². The summed E-state index contributed by atoms with van der Waals surface area (Å²) in [4.78, 5) is 24.1. The molecule has 0 radical (unpaired) electrons. The van der Waals surface area contributed by atoms with Gasteiger partial charge in [0, 0.05) is 36.6 Å². The molecule has 0 bridgehead atoms. The number of hydrogen-bond acceptors (Lipinski definition) is 10. The SMILES string of the molecule is COc1cc([C@@H]2c3cc4c(cc3[C@@H](NCc3cccc([N+](=O)[O-])c3)[C@H]3COC(=O)[C@H]23)OCO4)cc(OC)c1O. The number of fused-ring (bicyclic) bond motifs is 3. The molecule has 4 atom stereocenters. The Morgan fingerprint density at radius 1 is 1.03 bits per heavy atom. The van der Waals surface area contributed by atoms with Crippen LogP contribution < -0.4 is 24.3 Å². The number of phenols is 1. The summed E-state index contributed by atoms with van der Waals surface area (Å²) in [7, 11) is 2.90. The van der Waals surface area contributed by atoms with Crippen molar-refractivity contribution in [3.8, 4) is 28.7 Å². The zero-order valence-corrected chi connectivity index (χ0v) is 21.2. The summed E-state index contributed by atoms with van der Waals surface area (Å²) in [5.74, 6) is -0.110. The number of carbonyl (C=O) groups excluding carboxylic acids is 1. The number of aromatic hydroxyl groups is 1. The van der Waals surface area contributed by atoms with E-state index < -0.39 is 16.8 Å². The molecule has 11 nitrogen and oxygen atoms in total. The molecule has 11 heteroatoms. The molecule has 2 heterocycles. The zero-order chi connectivity index (χ0) is 27.3. The number of non-ortho nitro benzene ring substituents is 1. The Morgan fingerprint density at radius 3 is 2.38 bits per heavy atom. The van der Waals surface area contributed by atoms with Crippen molar-refractivity contribution in [3.63, 3.8) is 0 Å². The monoisotopic (exact) mass is 534 g/mol. The molecule has 0 amide bonds. The highest BCUT2D eigenvalue weighted by molar-refractivity contribution is 5.79. The van der Waals surface area contributed by atoms with Crippen LogP contribution in [0.5, 0.6) is 28.7 Å². The topological polar surface area (TPSA) is 139 Å². The van der Waals surface area contributed by atoms with Gasteiger partial charge >= 0.3 is 5.97 Å². The first-order valence-corrected chi connectivity index (χ1v) is 12.4. The van der Waals surface area contributed by atoms with Crippen molar-refractivity contribution in [2.24, 2.45) is 11.8 Å². The maximum absolute atomic E-state index is 13.3. The molecule has 2 aliphatic heterocycles. The third-order valence-electron chi connectivity index (χ3n) is 7.70. The van der Waals surface area contributed by atoms with E-state index in [1.807, 2.05) is 18.2 Å². The number of rotatable bonds is 7. The second-order valence-corrected chi connectivity index (χ2v) is 9.69. The van der Waals surface area contributed by atoms with Crippen molar-refractivity contribution in [3.05, 3.63) is 80.9 Å². The molecule has 3 aliphatic rings. The number of nitro groups is 1. The van der Waals surface area contributed by atoms with Crippen molar-refractivity contribution in [2.45, 2.75) is 18.5 Å². The van der Waals surface area contributed by atoms with E-state index in [1.165, 1.54) is 26.4 Å². The fraction of sp³-hybridized carbons (Fsp3) is 0.321. The molecule has 39 heavy (non-hydrogen) atoms. The third kappa shape index (κ3) is 4.15. The summed E-state index contributed by atoms with van der Waals surface area (Å²) < 4.78 is 27.8. The second kappa shape index (κ2) is 9.66. The number of nitro benzene ring substituents is 1. The number of phenolic OH excluding ortho intramolecular Hbond substituents is 1. The van der Waals surface area contributed by atoms with Gasteiger partial charge in [-0.25, -0.2) is 0 Å². The Labute approximate surface area is 223 Å². The highest BCUT2D eigenvalue weighted by atomic mass is 16.7. The summed E-state index contributed by atoms with van der Waals surface area (Å²) in [5, 5.41) is 25.3. The molecule has 2 N–H and O–H groups in total. The maximum atomic E-state index is 13.3. The molecule has 202 valence electrons. The molecule has 0 saturated carbocycles. The lowest BCUT2D eigenvalue weighted by Crippen LogP contribution is -2.40. The minimum atomic E-state index is -0.556. The fourth-order valence-electron chi connectivity index (χ4n) is 5.93. The lowest BCUT2D eigenvalue weighted by molar-refractivity contribution is -0.384. The smallest absolute Gasteiger partial charge is 0.310 e. The first kappa shape index (κ1) is 24.8. The molecule has 1 aliphatic carbocycles. The quantitative estimate of drug-likeness (QED) is 0.261. The van der Waals surface area contributed by atoms with Crippen LogP contribution in [0.15, 0.2) is 48.5 Å². The number of carbonyl (C=O) groups is 1. The lowest BCUT2D eigenvalue weighted by Gasteiger charge is -2.39. The molecule has 3 aromatic carbocycles. The van der Waals surface area contributed by atoms with Gasteiger partial charge in [0.1, 0.15) is 0 Å². The van der Waals surface area contributed by atoms with Crippen LogP contribution in [-0.2, 0) is 16.1 Å². The number of methoxy groups -OCH3 is 2. The summed E-state index contributed by atoms with van der Waals surface area (Å²) in [6.07, 6.45) is 0. The van der Waals surface area contributed by atoms with Gasteiger partial charge in [0.15, 0.2) is 23.0 Å². The van der Waals surface area contributed by atoms with Crippen LogP contribution in [0.2, 0.25) is 0 Å². The van der Waals surface area contributed by atoms with Crippen LogP contribution in [0.3, 0.4) is 0 Å².